The van der Waals surface area contributed by atoms with Crippen LogP contribution in [0.3, 0.4) is 0 Å². The summed E-state index contributed by atoms with van der Waals surface area (Å²) in [4.78, 5) is 7.82. The number of ether oxygens (including phenoxy) is 2. The van der Waals surface area contributed by atoms with Gasteiger partial charge in [-0.15, -0.1) is 0 Å². The Morgan fingerprint density at radius 3 is 2.63 bits per heavy atom. The number of nitrogens with zero attached hydrogens (tertiary/aromatic N) is 1. The van der Waals surface area contributed by atoms with Crippen LogP contribution in [0.5, 0.6) is 11.5 Å². The molecule has 0 spiro atoms. The lowest BCUT2D eigenvalue weighted by molar-refractivity contribution is 0.356. The molecular formula is C13H19N3O2S. The van der Waals surface area contributed by atoms with Crippen molar-refractivity contribution in [2.45, 2.75) is 18.0 Å². The van der Waals surface area contributed by atoms with Crippen molar-refractivity contribution in [3.8, 4) is 11.5 Å². The molecule has 0 aliphatic rings. The second kappa shape index (κ2) is 6.68. The van der Waals surface area contributed by atoms with E-state index in [2.05, 4.69) is 9.97 Å². The van der Waals surface area contributed by atoms with E-state index in [1.165, 1.54) is 0 Å². The summed E-state index contributed by atoms with van der Waals surface area (Å²) in [5.74, 6) is 2.42. The van der Waals surface area contributed by atoms with E-state index in [4.69, 9.17) is 15.2 Å². The van der Waals surface area contributed by atoms with Crippen LogP contribution in [0.25, 0.3) is 11.0 Å². The van der Waals surface area contributed by atoms with Crippen molar-refractivity contribution < 1.29 is 9.47 Å². The smallest absolute Gasteiger partial charge is 0.166 e. The number of thioether (sulfide) groups is 1. The Bertz CT molecular complexity index is 501. The molecule has 3 N–H and O–H groups in total. The van der Waals surface area contributed by atoms with E-state index in [-0.39, 0.29) is 0 Å². The molecule has 1 aromatic carbocycles. The number of nitrogens with one attached hydrogen (secondary N) is 1. The third kappa shape index (κ3) is 3.33. The Balaban J connectivity index is 2.15. The van der Waals surface area contributed by atoms with Gasteiger partial charge in [-0.25, -0.2) is 4.98 Å². The average Bonchev–Trinajstić information content (AvgIpc) is 2.83. The number of aromatic nitrogens is 2. The molecule has 0 aliphatic heterocycles. The molecule has 1 heterocycles. The SMILES string of the molecule is COc1cc2nc(SCCCCN)[nH]c2cc1OC. The van der Waals surface area contributed by atoms with E-state index in [0.717, 1.165) is 41.3 Å². The lowest BCUT2D eigenvalue weighted by Gasteiger charge is -2.06. The zero-order valence-corrected chi connectivity index (χ0v) is 12.0. The second-order valence-corrected chi connectivity index (χ2v) is 5.19. The van der Waals surface area contributed by atoms with E-state index in [9.17, 15) is 0 Å². The molecule has 19 heavy (non-hydrogen) atoms. The van der Waals surface area contributed by atoms with Crippen molar-refractivity contribution in [1.82, 2.24) is 9.97 Å². The maximum Gasteiger partial charge on any atom is 0.166 e. The summed E-state index contributed by atoms with van der Waals surface area (Å²) in [5, 5.41) is 0.919. The fraction of sp³-hybridized carbons (Fsp3) is 0.462. The van der Waals surface area contributed by atoms with Crippen LogP contribution < -0.4 is 15.2 Å². The van der Waals surface area contributed by atoms with Gasteiger partial charge in [0.05, 0.1) is 25.3 Å². The van der Waals surface area contributed by atoms with Crippen LogP contribution in [0.15, 0.2) is 17.3 Å². The normalized spacial score (nSPS) is 10.9. The minimum absolute atomic E-state index is 0.696. The summed E-state index contributed by atoms with van der Waals surface area (Å²) >= 11 is 1.71. The van der Waals surface area contributed by atoms with E-state index < -0.39 is 0 Å². The molecule has 0 saturated carbocycles. The molecule has 2 rings (SSSR count). The monoisotopic (exact) mass is 281 g/mol. The van der Waals surface area contributed by atoms with Crippen molar-refractivity contribution in [1.29, 1.82) is 0 Å². The predicted octanol–water partition coefficient (Wildman–Crippen LogP) is 2.41. The highest BCUT2D eigenvalue weighted by atomic mass is 32.2. The Labute approximate surface area is 116 Å². The zero-order chi connectivity index (χ0) is 13.7. The van der Waals surface area contributed by atoms with Crippen LogP contribution in [0.1, 0.15) is 12.8 Å². The molecule has 0 radical (unpaired) electrons. The topological polar surface area (TPSA) is 73.2 Å². The lowest BCUT2D eigenvalue weighted by atomic mass is 10.3. The van der Waals surface area contributed by atoms with Crippen LogP contribution in [-0.2, 0) is 0 Å². The van der Waals surface area contributed by atoms with E-state index in [1.54, 1.807) is 26.0 Å². The average molecular weight is 281 g/mol. The quantitative estimate of drug-likeness (QED) is 0.602. The first-order chi connectivity index (χ1) is 9.28. The number of methoxy groups -OCH3 is 2. The maximum absolute atomic E-state index is 5.47. The Morgan fingerprint density at radius 1 is 1.21 bits per heavy atom. The highest BCUT2D eigenvalue weighted by Gasteiger charge is 2.10. The van der Waals surface area contributed by atoms with Crippen molar-refractivity contribution in [2.75, 3.05) is 26.5 Å². The van der Waals surface area contributed by atoms with Gasteiger partial charge < -0.3 is 20.2 Å². The van der Waals surface area contributed by atoms with Gasteiger partial charge in [0.15, 0.2) is 16.7 Å². The predicted molar refractivity (Wildman–Crippen MR) is 78.2 cm³/mol. The molecule has 6 heteroatoms. The van der Waals surface area contributed by atoms with Gasteiger partial charge in [-0.05, 0) is 19.4 Å². The van der Waals surface area contributed by atoms with E-state index in [0.29, 0.717) is 11.5 Å². The molecule has 0 aliphatic carbocycles. The van der Waals surface area contributed by atoms with Gasteiger partial charge in [0.1, 0.15) is 0 Å². The fourth-order valence-electron chi connectivity index (χ4n) is 1.80. The van der Waals surface area contributed by atoms with Gasteiger partial charge in [-0.3, -0.25) is 0 Å². The Kier molecular flexibility index (Phi) is 4.93. The minimum Gasteiger partial charge on any atom is -0.493 e. The van der Waals surface area contributed by atoms with Crippen LogP contribution in [0.2, 0.25) is 0 Å². The number of benzene rings is 1. The first-order valence-corrected chi connectivity index (χ1v) is 7.21. The number of aromatic amines is 1. The summed E-state index contributed by atoms with van der Waals surface area (Å²) < 4.78 is 10.5. The van der Waals surface area contributed by atoms with Crippen LogP contribution in [-0.4, -0.2) is 36.5 Å². The fourth-order valence-corrected chi connectivity index (χ4v) is 2.68. The van der Waals surface area contributed by atoms with Crippen LogP contribution >= 0.6 is 11.8 Å². The lowest BCUT2D eigenvalue weighted by Crippen LogP contribution is -1.98. The molecule has 0 saturated heterocycles. The molecule has 1 aromatic heterocycles. The molecule has 5 nitrogen and oxygen atoms in total. The molecule has 2 aromatic rings. The van der Waals surface area contributed by atoms with Crippen molar-refractivity contribution >= 4 is 22.8 Å². The third-order valence-corrected chi connectivity index (χ3v) is 3.76. The first kappa shape index (κ1) is 14.0. The van der Waals surface area contributed by atoms with Crippen LogP contribution in [0.4, 0.5) is 0 Å². The summed E-state index contributed by atoms with van der Waals surface area (Å²) in [7, 11) is 3.25. The molecular weight excluding hydrogens is 262 g/mol. The van der Waals surface area contributed by atoms with Gasteiger partial charge >= 0.3 is 0 Å². The number of fused-ring (bicyclic) bond motifs is 1. The standard InChI is InChI=1S/C13H19N3O2S/c1-17-11-7-9-10(8-12(11)18-2)16-13(15-9)19-6-4-3-5-14/h7-8H,3-6,14H2,1-2H3,(H,15,16). The number of hydrogen-bond acceptors (Lipinski definition) is 5. The third-order valence-electron chi connectivity index (χ3n) is 2.80. The number of imidazole rings is 1. The number of H-pyrrole nitrogens is 1. The molecule has 104 valence electrons. The molecule has 0 bridgehead atoms. The number of unbranched alkanes of at least 4 members (excludes halogenated alkanes) is 1. The zero-order valence-electron chi connectivity index (χ0n) is 11.2. The van der Waals surface area contributed by atoms with Gasteiger partial charge in [0.25, 0.3) is 0 Å². The van der Waals surface area contributed by atoms with Crippen molar-refractivity contribution in [3.63, 3.8) is 0 Å². The van der Waals surface area contributed by atoms with Gasteiger partial charge in [-0.2, -0.15) is 0 Å². The molecule has 0 atom stereocenters. The summed E-state index contributed by atoms with van der Waals surface area (Å²) in [6, 6.07) is 3.79. The van der Waals surface area contributed by atoms with Crippen LogP contribution in [0, 0.1) is 0 Å². The van der Waals surface area contributed by atoms with Gasteiger partial charge in [0, 0.05) is 17.9 Å². The van der Waals surface area contributed by atoms with E-state index >= 15 is 0 Å². The van der Waals surface area contributed by atoms with Crippen molar-refractivity contribution in [2.24, 2.45) is 5.73 Å². The van der Waals surface area contributed by atoms with E-state index in [1.807, 2.05) is 12.1 Å². The second-order valence-electron chi connectivity index (χ2n) is 4.11. The first-order valence-electron chi connectivity index (χ1n) is 6.23. The maximum atomic E-state index is 5.47. The number of nitrogens with two attached hydrogens (primary N) is 1. The summed E-state index contributed by atoms with van der Waals surface area (Å²) in [6.45, 7) is 0.745. The van der Waals surface area contributed by atoms with Crippen molar-refractivity contribution in [3.05, 3.63) is 12.1 Å². The largest absolute Gasteiger partial charge is 0.493 e. The Hall–Kier alpha value is -1.40. The highest BCUT2D eigenvalue weighted by Crippen LogP contribution is 2.32. The number of hydrogen-bond donors (Lipinski definition) is 2. The van der Waals surface area contributed by atoms with Gasteiger partial charge in [0.2, 0.25) is 0 Å². The van der Waals surface area contributed by atoms with Gasteiger partial charge in [-0.1, -0.05) is 11.8 Å². The summed E-state index contributed by atoms with van der Waals surface area (Å²) in [6.07, 6.45) is 2.15. The molecule has 0 amide bonds. The highest BCUT2D eigenvalue weighted by molar-refractivity contribution is 7.99. The Morgan fingerprint density at radius 2 is 1.95 bits per heavy atom. The molecule has 0 fully saturated rings. The number of rotatable bonds is 7. The molecule has 0 unspecified atom stereocenters. The minimum atomic E-state index is 0.696. The summed E-state index contributed by atoms with van der Waals surface area (Å²) in [5.41, 5.74) is 7.32.